The lowest BCUT2D eigenvalue weighted by Gasteiger charge is -2.24. The fraction of sp³-hybridized carbons (Fsp3) is 0.667. The molecular weight excluding hydrogens is 287 g/mol. The number of hydrogen-bond acceptors (Lipinski definition) is 5. The summed E-state index contributed by atoms with van der Waals surface area (Å²) in [5.74, 6) is -0.0404. The first-order chi connectivity index (χ1) is 10.7. The van der Waals surface area contributed by atoms with Crippen LogP contribution in [-0.2, 0) is 16.1 Å². The van der Waals surface area contributed by atoms with Gasteiger partial charge in [-0.15, -0.1) is 0 Å². The second kappa shape index (κ2) is 7.11. The van der Waals surface area contributed by atoms with Gasteiger partial charge in [0.2, 0.25) is 5.91 Å². The van der Waals surface area contributed by atoms with Crippen LogP contribution in [0.15, 0.2) is 18.7 Å². The van der Waals surface area contributed by atoms with Crippen LogP contribution in [-0.4, -0.2) is 59.3 Å². The number of amides is 1. The van der Waals surface area contributed by atoms with E-state index >= 15 is 0 Å². The molecule has 0 bridgehead atoms. The highest BCUT2D eigenvalue weighted by molar-refractivity contribution is 5.79. The van der Waals surface area contributed by atoms with E-state index in [1.165, 1.54) is 6.33 Å². The molecule has 3 rings (SSSR count). The topological polar surface area (TPSA) is 67.4 Å². The first-order valence-corrected chi connectivity index (χ1v) is 7.70. The molecule has 0 aromatic carbocycles. The number of ether oxygens (including phenoxy) is 1. The van der Waals surface area contributed by atoms with Crippen LogP contribution in [0.1, 0.15) is 18.4 Å². The third-order valence-corrected chi connectivity index (χ3v) is 4.29. The number of nitrogens with zero attached hydrogens (tertiary/aromatic N) is 3. The zero-order valence-corrected chi connectivity index (χ0v) is 12.4. The van der Waals surface area contributed by atoms with Gasteiger partial charge in [-0.2, -0.15) is 0 Å². The van der Waals surface area contributed by atoms with Crippen LogP contribution >= 0.6 is 0 Å². The maximum absolute atomic E-state index is 13.7. The maximum atomic E-state index is 13.7. The monoisotopic (exact) mass is 308 g/mol. The van der Waals surface area contributed by atoms with Crippen LogP contribution < -0.4 is 5.32 Å². The van der Waals surface area contributed by atoms with Crippen molar-refractivity contribution in [3.8, 4) is 0 Å². The van der Waals surface area contributed by atoms with Gasteiger partial charge in [0.05, 0.1) is 12.5 Å². The van der Waals surface area contributed by atoms with E-state index in [1.807, 2.05) is 0 Å². The minimum atomic E-state index is -0.846. The van der Waals surface area contributed by atoms with Crippen molar-refractivity contribution < 1.29 is 13.9 Å². The van der Waals surface area contributed by atoms with E-state index in [0.29, 0.717) is 39.3 Å². The lowest BCUT2D eigenvalue weighted by molar-refractivity contribution is -0.125. The van der Waals surface area contributed by atoms with Crippen molar-refractivity contribution in [3.63, 3.8) is 0 Å². The first kappa shape index (κ1) is 15.3. The molecule has 0 saturated carbocycles. The van der Waals surface area contributed by atoms with Crippen molar-refractivity contribution in [1.29, 1.82) is 0 Å². The molecular formula is C15H21FN4O2. The summed E-state index contributed by atoms with van der Waals surface area (Å²) in [6, 6.07) is 0.0153. The number of carbonyl (C=O) groups is 1. The van der Waals surface area contributed by atoms with Crippen molar-refractivity contribution in [2.75, 3.05) is 26.3 Å². The molecule has 120 valence electrons. The van der Waals surface area contributed by atoms with E-state index in [9.17, 15) is 9.18 Å². The summed E-state index contributed by atoms with van der Waals surface area (Å²) in [5, 5.41) is 2.94. The molecule has 2 aliphatic rings. The molecule has 0 aliphatic carbocycles. The smallest absolute Gasteiger partial charge is 0.225 e. The van der Waals surface area contributed by atoms with Gasteiger partial charge in [-0.25, -0.2) is 14.4 Å². The second-order valence-corrected chi connectivity index (χ2v) is 5.97. The Morgan fingerprint density at radius 1 is 1.45 bits per heavy atom. The summed E-state index contributed by atoms with van der Waals surface area (Å²) in [7, 11) is 0. The summed E-state index contributed by atoms with van der Waals surface area (Å²) in [5.41, 5.74) is 0.956. The lowest BCUT2D eigenvalue weighted by Crippen LogP contribution is -2.42. The molecule has 22 heavy (non-hydrogen) atoms. The predicted octanol–water partition coefficient (Wildman–Crippen LogP) is 0.542. The molecule has 7 heteroatoms. The Kier molecular flexibility index (Phi) is 4.94. The van der Waals surface area contributed by atoms with E-state index in [2.05, 4.69) is 20.2 Å². The zero-order valence-electron chi connectivity index (χ0n) is 12.4. The normalized spacial score (nSPS) is 28.9. The SMILES string of the molecule is O=C(NC[C@@H]1C[C@H](F)CN1Cc1cncnc1)[C@H]1CCOC1. The van der Waals surface area contributed by atoms with Crippen LogP contribution in [0.2, 0.25) is 0 Å². The number of nitrogens with one attached hydrogen (secondary N) is 1. The van der Waals surface area contributed by atoms with Crippen molar-refractivity contribution in [1.82, 2.24) is 20.2 Å². The van der Waals surface area contributed by atoms with Gasteiger partial charge < -0.3 is 10.1 Å². The van der Waals surface area contributed by atoms with E-state index in [1.54, 1.807) is 12.4 Å². The van der Waals surface area contributed by atoms with Crippen molar-refractivity contribution >= 4 is 5.91 Å². The Morgan fingerprint density at radius 2 is 2.27 bits per heavy atom. The first-order valence-electron chi connectivity index (χ1n) is 7.70. The van der Waals surface area contributed by atoms with Gasteiger partial charge in [0.15, 0.2) is 0 Å². The van der Waals surface area contributed by atoms with Gasteiger partial charge in [0.25, 0.3) is 0 Å². The van der Waals surface area contributed by atoms with Crippen LogP contribution in [0.25, 0.3) is 0 Å². The molecule has 3 heterocycles. The molecule has 1 aromatic rings. The molecule has 1 aromatic heterocycles. The van der Waals surface area contributed by atoms with Gasteiger partial charge in [-0.1, -0.05) is 0 Å². The molecule has 2 saturated heterocycles. The summed E-state index contributed by atoms with van der Waals surface area (Å²) >= 11 is 0. The minimum Gasteiger partial charge on any atom is -0.381 e. The Morgan fingerprint density at radius 3 is 3.00 bits per heavy atom. The van der Waals surface area contributed by atoms with Crippen molar-refractivity contribution in [2.45, 2.75) is 31.6 Å². The summed E-state index contributed by atoms with van der Waals surface area (Å²) in [6.07, 6.45) is 5.34. The molecule has 1 N–H and O–H groups in total. The third-order valence-electron chi connectivity index (χ3n) is 4.29. The van der Waals surface area contributed by atoms with Gasteiger partial charge in [0.1, 0.15) is 12.5 Å². The minimum absolute atomic E-state index is 0.0153. The predicted molar refractivity (Wildman–Crippen MR) is 77.7 cm³/mol. The average molecular weight is 308 g/mol. The Bertz CT molecular complexity index is 496. The van der Waals surface area contributed by atoms with Crippen LogP contribution in [0.3, 0.4) is 0 Å². The number of likely N-dealkylation sites (tertiary alicyclic amines) is 1. The molecule has 1 amide bonds. The highest BCUT2D eigenvalue weighted by atomic mass is 19.1. The highest BCUT2D eigenvalue weighted by Crippen LogP contribution is 2.22. The van der Waals surface area contributed by atoms with Crippen LogP contribution in [0.5, 0.6) is 0 Å². The van der Waals surface area contributed by atoms with E-state index in [4.69, 9.17) is 4.74 Å². The molecule has 0 radical (unpaired) electrons. The lowest BCUT2D eigenvalue weighted by atomic mass is 10.1. The van der Waals surface area contributed by atoms with Gasteiger partial charge in [-0.3, -0.25) is 9.69 Å². The number of carbonyl (C=O) groups excluding carboxylic acids is 1. The van der Waals surface area contributed by atoms with Gasteiger partial charge in [-0.05, 0) is 12.8 Å². The Balaban J connectivity index is 1.53. The number of aromatic nitrogens is 2. The molecule has 0 spiro atoms. The van der Waals surface area contributed by atoms with Gasteiger partial charge in [0, 0.05) is 50.2 Å². The van der Waals surface area contributed by atoms with E-state index in [-0.39, 0.29) is 17.9 Å². The fourth-order valence-electron chi connectivity index (χ4n) is 3.08. The van der Waals surface area contributed by atoms with Crippen LogP contribution in [0, 0.1) is 5.92 Å². The molecule has 2 aliphatic heterocycles. The number of hydrogen-bond donors (Lipinski definition) is 1. The third kappa shape index (κ3) is 3.78. The van der Waals surface area contributed by atoms with E-state index < -0.39 is 6.17 Å². The standard InChI is InChI=1S/C15H21FN4O2/c16-13-3-14(6-19-15(21)12-1-2-22-9-12)20(8-13)7-11-4-17-10-18-5-11/h4-5,10,12-14H,1-3,6-9H2,(H,19,21)/t12-,13-,14-/m0/s1. The fourth-order valence-corrected chi connectivity index (χ4v) is 3.08. The number of halogens is 1. The van der Waals surface area contributed by atoms with Crippen molar-refractivity contribution in [2.24, 2.45) is 5.92 Å². The molecule has 0 unspecified atom stereocenters. The Hall–Kier alpha value is -1.60. The summed E-state index contributed by atoms with van der Waals surface area (Å²) in [4.78, 5) is 22.0. The number of alkyl halides is 1. The number of rotatable bonds is 5. The van der Waals surface area contributed by atoms with Gasteiger partial charge >= 0.3 is 0 Å². The average Bonchev–Trinajstić information content (AvgIpc) is 3.16. The van der Waals surface area contributed by atoms with Crippen LogP contribution in [0.4, 0.5) is 4.39 Å². The molecule has 6 nitrogen and oxygen atoms in total. The second-order valence-electron chi connectivity index (χ2n) is 5.97. The summed E-state index contributed by atoms with van der Waals surface area (Å²) in [6.45, 7) is 2.61. The molecule has 2 fully saturated rings. The highest BCUT2D eigenvalue weighted by Gasteiger charge is 2.33. The zero-order chi connectivity index (χ0) is 15.4. The maximum Gasteiger partial charge on any atom is 0.225 e. The largest absolute Gasteiger partial charge is 0.381 e. The van der Waals surface area contributed by atoms with Crippen molar-refractivity contribution in [3.05, 3.63) is 24.3 Å². The quantitative estimate of drug-likeness (QED) is 0.860. The summed E-state index contributed by atoms with van der Waals surface area (Å²) < 4.78 is 19.0. The van der Waals surface area contributed by atoms with E-state index in [0.717, 1.165) is 12.0 Å². The molecule has 3 atom stereocenters. The Labute approximate surface area is 129 Å².